The van der Waals surface area contributed by atoms with Gasteiger partial charge in [-0.25, -0.2) is 0 Å². The highest BCUT2D eigenvalue weighted by molar-refractivity contribution is 5.87. The van der Waals surface area contributed by atoms with Gasteiger partial charge in [-0.05, 0) is 42.7 Å². The molecule has 2 atom stereocenters. The first-order valence-electron chi connectivity index (χ1n) is 7.03. The van der Waals surface area contributed by atoms with Crippen LogP contribution in [0.3, 0.4) is 0 Å². The van der Waals surface area contributed by atoms with Crippen LogP contribution in [0, 0.1) is 5.41 Å². The fourth-order valence-electron chi connectivity index (χ4n) is 2.71. The Labute approximate surface area is 109 Å². The molecule has 3 rings (SSSR count). The molecule has 2 saturated carbocycles. The van der Waals surface area contributed by atoms with Crippen molar-refractivity contribution in [2.75, 3.05) is 0 Å². The van der Waals surface area contributed by atoms with Crippen molar-refractivity contribution in [2.24, 2.45) is 5.41 Å². The quantitative estimate of drug-likeness (QED) is 0.865. The molecule has 0 heterocycles. The summed E-state index contributed by atoms with van der Waals surface area (Å²) < 4.78 is 0. The molecule has 1 N–H and O–H groups in total. The summed E-state index contributed by atoms with van der Waals surface area (Å²) in [5, 5.41) is 3.15. The Morgan fingerprint density at radius 2 is 2.22 bits per heavy atom. The van der Waals surface area contributed by atoms with Crippen LogP contribution in [0.25, 0.3) is 0 Å². The van der Waals surface area contributed by atoms with Gasteiger partial charge < -0.3 is 5.32 Å². The third-order valence-corrected chi connectivity index (χ3v) is 4.43. The van der Waals surface area contributed by atoms with Crippen LogP contribution in [0.2, 0.25) is 0 Å². The third-order valence-electron chi connectivity index (χ3n) is 4.43. The number of hydrogen-bond acceptors (Lipinski definition) is 1. The number of nitrogens with one attached hydrogen (secondary N) is 1. The number of hydrogen-bond donors (Lipinski definition) is 1. The monoisotopic (exact) mass is 243 g/mol. The van der Waals surface area contributed by atoms with Crippen molar-refractivity contribution in [3.8, 4) is 0 Å². The molecule has 2 fully saturated rings. The van der Waals surface area contributed by atoms with Crippen LogP contribution in [-0.2, 0) is 11.2 Å². The number of carbonyl (C=O) groups is 1. The van der Waals surface area contributed by atoms with E-state index in [0.29, 0.717) is 12.0 Å². The summed E-state index contributed by atoms with van der Waals surface area (Å²) in [6.07, 6.45) is 4.39. The molecular weight excluding hydrogens is 222 g/mol. The number of carbonyl (C=O) groups excluding carboxylic acids is 1. The van der Waals surface area contributed by atoms with E-state index in [1.165, 1.54) is 11.1 Å². The van der Waals surface area contributed by atoms with Crippen molar-refractivity contribution in [2.45, 2.75) is 51.5 Å². The van der Waals surface area contributed by atoms with Gasteiger partial charge in [-0.1, -0.05) is 38.1 Å². The topological polar surface area (TPSA) is 29.1 Å². The molecule has 96 valence electrons. The first-order chi connectivity index (χ1) is 8.63. The number of amides is 1. The van der Waals surface area contributed by atoms with Gasteiger partial charge in [0.2, 0.25) is 5.91 Å². The van der Waals surface area contributed by atoms with Gasteiger partial charge in [0.05, 0.1) is 5.41 Å². The molecule has 2 nitrogen and oxygen atoms in total. The molecule has 0 aromatic heterocycles. The second-order valence-electron chi connectivity index (χ2n) is 6.02. The summed E-state index contributed by atoms with van der Waals surface area (Å²) in [5.74, 6) is 0.680. The summed E-state index contributed by atoms with van der Waals surface area (Å²) in [6.45, 7) is 4.28. The van der Waals surface area contributed by atoms with E-state index in [-0.39, 0.29) is 11.3 Å². The van der Waals surface area contributed by atoms with Crippen molar-refractivity contribution in [1.29, 1.82) is 0 Å². The zero-order valence-electron chi connectivity index (χ0n) is 11.2. The zero-order valence-corrected chi connectivity index (χ0v) is 11.2. The molecule has 1 aromatic carbocycles. The van der Waals surface area contributed by atoms with Gasteiger partial charge in [-0.2, -0.15) is 0 Å². The summed E-state index contributed by atoms with van der Waals surface area (Å²) in [4.78, 5) is 12.2. The van der Waals surface area contributed by atoms with Gasteiger partial charge in [-0.3, -0.25) is 4.79 Å². The molecule has 1 aromatic rings. The van der Waals surface area contributed by atoms with Crippen LogP contribution in [-0.4, -0.2) is 11.9 Å². The molecule has 2 unspecified atom stereocenters. The van der Waals surface area contributed by atoms with Crippen LogP contribution < -0.4 is 5.32 Å². The first-order valence-corrected chi connectivity index (χ1v) is 7.03. The maximum absolute atomic E-state index is 12.2. The highest BCUT2D eigenvalue weighted by Gasteiger charge is 2.57. The highest BCUT2D eigenvalue weighted by atomic mass is 16.2. The first kappa shape index (κ1) is 11.8. The number of rotatable bonds is 4. The second-order valence-corrected chi connectivity index (χ2v) is 6.02. The minimum Gasteiger partial charge on any atom is -0.353 e. The Hall–Kier alpha value is -1.31. The van der Waals surface area contributed by atoms with Crippen LogP contribution in [0.4, 0.5) is 0 Å². The summed E-state index contributed by atoms with van der Waals surface area (Å²) in [7, 11) is 0. The Balaban J connectivity index is 1.72. The predicted octanol–water partition coefficient (Wildman–Crippen LogP) is 3.02. The third kappa shape index (κ3) is 2.05. The molecule has 2 heteroatoms. The lowest BCUT2D eigenvalue weighted by Crippen LogP contribution is -2.32. The van der Waals surface area contributed by atoms with Gasteiger partial charge in [0.15, 0.2) is 0 Å². The molecule has 18 heavy (non-hydrogen) atoms. The van der Waals surface area contributed by atoms with Crippen LogP contribution in [0.15, 0.2) is 24.3 Å². The molecule has 0 aliphatic heterocycles. The van der Waals surface area contributed by atoms with Gasteiger partial charge >= 0.3 is 0 Å². The molecule has 0 saturated heterocycles. The standard InChI is InChI=1S/C16H21NO/c1-3-11-5-4-6-12(9-11)14-10-16(14,2)15(18)17-13-7-8-13/h4-6,9,13-14H,3,7-8,10H2,1-2H3,(H,17,18). The van der Waals surface area contributed by atoms with Crippen molar-refractivity contribution in [3.63, 3.8) is 0 Å². The number of aryl methyl sites for hydroxylation is 1. The van der Waals surface area contributed by atoms with Gasteiger partial charge in [0.25, 0.3) is 0 Å². The average molecular weight is 243 g/mol. The highest BCUT2D eigenvalue weighted by Crippen LogP contribution is 2.59. The lowest BCUT2D eigenvalue weighted by Gasteiger charge is -2.12. The van der Waals surface area contributed by atoms with E-state index in [4.69, 9.17) is 0 Å². The minimum absolute atomic E-state index is 0.158. The van der Waals surface area contributed by atoms with Crippen molar-refractivity contribution >= 4 is 5.91 Å². The van der Waals surface area contributed by atoms with E-state index in [1.807, 2.05) is 0 Å². The average Bonchev–Trinajstić information content (AvgIpc) is 3.27. The fraction of sp³-hybridized carbons (Fsp3) is 0.562. The summed E-state index contributed by atoms with van der Waals surface area (Å²) in [5.41, 5.74) is 2.54. The normalized spacial score (nSPS) is 30.0. The van der Waals surface area contributed by atoms with Crippen molar-refractivity contribution < 1.29 is 4.79 Å². The molecule has 2 aliphatic carbocycles. The van der Waals surface area contributed by atoms with Crippen molar-refractivity contribution in [1.82, 2.24) is 5.32 Å². The van der Waals surface area contributed by atoms with Gasteiger partial charge in [0, 0.05) is 6.04 Å². The SMILES string of the molecule is CCc1cccc(C2CC2(C)C(=O)NC2CC2)c1. The van der Waals surface area contributed by atoms with E-state index >= 15 is 0 Å². The van der Waals surface area contributed by atoms with Gasteiger partial charge in [0.1, 0.15) is 0 Å². The largest absolute Gasteiger partial charge is 0.353 e. The fourth-order valence-corrected chi connectivity index (χ4v) is 2.71. The molecule has 0 radical (unpaired) electrons. The van der Waals surface area contributed by atoms with Crippen LogP contribution in [0.5, 0.6) is 0 Å². The van der Waals surface area contributed by atoms with E-state index in [1.54, 1.807) is 0 Å². The van der Waals surface area contributed by atoms with E-state index < -0.39 is 0 Å². The number of benzene rings is 1. The van der Waals surface area contributed by atoms with Crippen LogP contribution in [0.1, 0.15) is 50.2 Å². The lowest BCUT2D eigenvalue weighted by molar-refractivity contribution is -0.126. The summed E-state index contributed by atoms with van der Waals surface area (Å²) >= 11 is 0. The maximum atomic E-state index is 12.2. The minimum atomic E-state index is -0.158. The molecule has 0 bridgehead atoms. The smallest absolute Gasteiger partial charge is 0.226 e. The molecule has 2 aliphatic rings. The maximum Gasteiger partial charge on any atom is 0.226 e. The zero-order chi connectivity index (χ0) is 12.8. The predicted molar refractivity (Wildman–Crippen MR) is 72.4 cm³/mol. The molecular formula is C16H21NO. The Morgan fingerprint density at radius 1 is 1.44 bits per heavy atom. The van der Waals surface area contributed by atoms with E-state index in [2.05, 4.69) is 43.4 Å². The van der Waals surface area contributed by atoms with Gasteiger partial charge in [-0.15, -0.1) is 0 Å². The Morgan fingerprint density at radius 3 is 2.89 bits per heavy atom. The summed E-state index contributed by atoms with van der Waals surface area (Å²) in [6, 6.07) is 9.18. The Kier molecular flexibility index (Phi) is 2.69. The Bertz CT molecular complexity index is 478. The van der Waals surface area contributed by atoms with Crippen molar-refractivity contribution in [3.05, 3.63) is 35.4 Å². The molecule has 0 spiro atoms. The van der Waals surface area contributed by atoms with E-state index in [9.17, 15) is 4.79 Å². The second kappa shape index (κ2) is 4.11. The lowest BCUT2D eigenvalue weighted by atomic mass is 9.98. The molecule has 1 amide bonds. The van der Waals surface area contributed by atoms with E-state index in [0.717, 1.165) is 25.7 Å². The van der Waals surface area contributed by atoms with Crippen LogP contribution >= 0.6 is 0 Å².